The maximum atomic E-state index is 12.7. The van der Waals surface area contributed by atoms with E-state index in [0.29, 0.717) is 11.3 Å². The lowest BCUT2D eigenvalue weighted by Crippen LogP contribution is -2.22. The van der Waals surface area contributed by atoms with Crippen molar-refractivity contribution < 1.29 is 18.0 Å². The Labute approximate surface area is 160 Å². The number of para-hydroxylation sites is 2. The van der Waals surface area contributed by atoms with Crippen molar-refractivity contribution in [1.29, 1.82) is 0 Å². The summed E-state index contributed by atoms with van der Waals surface area (Å²) >= 11 is 0. The van der Waals surface area contributed by atoms with Gasteiger partial charge in [0.15, 0.2) is 0 Å². The zero-order valence-corrected chi connectivity index (χ0v) is 14.8. The number of hydrogen-bond acceptors (Lipinski definition) is 2. The van der Waals surface area contributed by atoms with Crippen molar-refractivity contribution in [2.24, 2.45) is 0 Å². The van der Waals surface area contributed by atoms with Gasteiger partial charge in [0.25, 0.3) is 5.91 Å². The van der Waals surface area contributed by atoms with E-state index in [1.807, 2.05) is 24.3 Å². The first kappa shape index (κ1) is 18.1. The van der Waals surface area contributed by atoms with Gasteiger partial charge in [-0.1, -0.05) is 42.5 Å². The molecule has 0 atom stereocenters. The lowest BCUT2D eigenvalue weighted by Gasteiger charge is -2.14. The van der Waals surface area contributed by atoms with Crippen molar-refractivity contribution in [2.45, 2.75) is 12.6 Å². The van der Waals surface area contributed by atoms with Crippen LogP contribution in [0.25, 0.3) is 11.1 Å². The van der Waals surface area contributed by atoms with Gasteiger partial charge in [-0.05, 0) is 52.9 Å². The highest BCUT2D eigenvalue weighted by Crippen LogP contribution is 2.36. The van der Waals surface area contributed by atoms with Crippen molar-refractivity contribution >= 4 is 17.3 Å². The van der Waals surface area contributed by atoms with Gasteiger partial charge in [-0.3, -0.25) is 4.79 Å². The van der Waals surface area contributed by atoms with E-state index in [-0.39, 0.29) is 11.6 Å². The number of rotatable bonds is 4. The van der Waals surface area contributed by atoms with Crippen molar-refractivity contribution in [3.8, 4) is 11.1 Å². The van der Waals surface area contributed by atoms with E-state index >= 15 is 0 Å². The number of benzene rings is 3. The Kier molecular flexibility index (Phi) is 4.55. The molecule has 0 radical (unpaired) electrons. The number of nitrogens with one attached hydrogen (secondary N) is 2. The average molecular weight is 382 g/mol. The van der Waals surface area contributed by atoms with Gasteiger partial charge in [-0.25, -0.2) is 0 Å². The fourth-order valence-corrected chi connectivity index (χ4v) is 3.42. The molecule has 3 aromatic carbocycles. The summed E-state index contributed by atoms with van der Waals surface area (Å²) in [6.07, 6.45) is -3.58. The van der Waals surface area contributed by atoms with E-state index in [1.165, 1.54) is 17.2 Å². The van der Waals surface area contributed by atoms with Gasteiger partial charge in [-0.15, -0.1) is 0 Å². The van der Waals surface area contributed by atoms with Gasteiger partial charge < -0.3 is 10.6 Å². The molecule has 0 heterocycles. The van der Waals surface area contributed by atoms with Gasteiger partial charge in [0.2, 0.25) is 0 Å². The SMILES string of the molecule is O=C(Nc1ccccc1NCC(F)(F)F)c1ccc2c(c1)Cc1ccccc1-2. The van der Waals surface area contributed by atoms with Gasteiger partial charge >= 0.3 is 6.18 Å². The molecule has 3 aromatic rings. The molecule has 4 rings (SSSR count). The van der Waals surface area contributed by atoms with Crippen LogP contribution in [0.15, 0.2) is 66.7 Å². The summed E-state index contributed by atoms with van der Waals surface area (Å²) < 4.78 is 37.5. The first-order chi connectivity index (χ1) is 13.4. The third-order valence-corrected chi connectivity index (χ3v) is 4.71. The molecule has 0 fully saturated rings. The first-order valence-corrected chi connectivity index (χ1v) is 8.83. The Balaban J connectivity index is 1.53. The molecule has 0 spiro atoms. The van der Waals surface area contributed by atoms with Crippen molar-refractivity contribution in [3.63, 3.8) is 0 Å². The van der Waals surface area contributed by atoms with Gasteiger partial charge in [0.1, 0.15) is 6.54 Å². The normalized spacial score (nSPS) is 12.2. The van der Waals surface area contributed by atoms with Crippen LogP contribution in [-0.2, 0) is 6.42 Å². The Bertz CT molecular complexity index is 1040. The van der Waals surface area contributed by atoms with E-state index in [1.54, 1.807) is 24.3 Å². The number of alkyl halides is 3. The predicted molar refractivity (Wildman–Crippen MR) is 104 cm³/mol. The van der Waals surface area contributed by atoms with Crippen LogP contribution >= 0.6 is 0 Å². The highest BCUT2D eigenvalue weighted by molar-refractivity contribution is 6.06. The Morgan fingerprint density at radius 3 is 2.32 bits per heavy atom. The quantitative estimate of drug-likeness (QED) is 0.490. The molecule has 0 aromatic heterocycles. The van der Waals surface area contributed by atoms with E-state index in [2.05, 4.69) is 22.8 Å². The zero-order valence-electron chi connectivity index (χ0n) is 14.8. The average Bonchev–Trinajstić information content (AvgIpc) is 3.04. The number of carbonyl (C=O) groups excluding carboxylic acids is 1. The Morgan fingerprint density at radius 1 is 0.857 bits per heavy atom. The second-order valence-corrected chi connectivity index (χ2v) is 6.67. The minimum absolute atomic E-state index is 0.224. The number of amides is 1. The van der Waals surface area contributed by atoms with Gasteiger partial charge in [0, 0.05) is 5.56 Å². The van der Waals surface area contributed by atoms with Crippen LogP contribution in [-0.4, -0.2) is 18.6 Å². The number of carbonyl (C=O) groups is 1. The Hall–Kier alpha value is -3.28. The van der Waals surface area contributed by atoms with E-state index in [4.69, 9.17) is 0 Å². The molecule has 1 aliphatic carbocycles. The largest absolute Gasteiger partial charge is 0.405 e. The molecule has 28 heavy (non-hydrogen) atoms. The fourth-order valence-electron chi connectivity index (χ4n) is 3.42. The van der Waals surface area contributed by atoms with Crippen LogP contribution in [0.3, 0.4) is 0 Å². The van der Waals surface area contributed by atoms with Crippen LogP contribution < -0.4 is 10.6 Å². The number of halogens is 3. The molecule has 0 unspecified atom stereocenters. The number of anilines is 2. The lowest BCUT2D eigenvalue weighted by molar-refractivity contribution is -0.115. The highest BCUT2D eigenvalue weighted by atomic mass is 19.4. The van der Waals surface area contributed by atoms with Crippen molar-refractivity contribution in [2.75, 3.05) is 17.2 Å². The molecule has 1 amide bonds. The van der Waals surface area contributed by atoms with E-state index < -0.39 is 12.7 Å². The minimum Gasteiger partial charge on any atom is -0.375 e. The molecule has 0 saturated heterocycles. The fraction of sp³-hybridized carbons (Fsp3) is 0.136. The van der Waals surface area contributed by atoms with E-state index in [0.717, 1.165) is 17.5 Å². The highest BCUT2D eigenvalue weighted by Gasteiger charge is 2.27. The molecule has 0 aliphatic heterocycles. The molecule has 1 aliphatic rings. The Morgan fingerprint density at radius 2 is 1.54 bits per heavy atom. The molecule has 0 bridgehead atoms. The smallest absolute Gasteiger partial charge is 0.375 e. The molecule has 2 N–H and O–H groups in total. The number of fused-ring (bicyclic) bond motifs is 3. The summed E-state index contributed by atoms with van der Waals surface area (Å²) in [4.78, 5) is 12.7. The lowest BCUT2D eigenvalue weighted by atomic mass is 10.0. The van der Waals surface area contributed by atoms with Gasteiger partial charge in [0.05, 0.1) is 11.4 Å². The van der Waals surface area contributed by atoms with Crippen LogP contribution in [0.4, 0.5) is 24.5 Å². The molecular weight excluding hydrogens is 365 g/mol. The summed E-state index contributed by atoms with van der Waals surface area (Å²) in [5, 5.41) is 5.03. The second kappa shape index (κ2) is 7.03. The van der Waals surface area contributed by atoms with Crippen LogP contribution in [0, 0.1) is 0 Å². The predicted octanol–water partition coefficient (Wildman–Crippen LogP) is 5.48. The third-order valence-electron chi connectivity index (χ3n) is 4.71. The third kappa shape index (κ3) is 3.71. The molecule has 6 heteroatoms. The zero-order chi connectivity index (χ0) is 19.7. The molecule has 142 valence electrons. The molecule has 3 nitrogen and oxygen atoms in total. The minimum atomic E-state index is -4.34. The summed E-state index contributed by atoms with van der Waals surface area (Å²) in [6.45, 7) is -1.17. The van der Waals surface area contributed by atoms with Gasteiger partial charge in [-0.2, -0.15) is 13.2 Å². The standard InChI is InChI=1S/C22H17F3N2O/c23-22(24,25)13-26-19-7-3-4-8-20(19)27-21(28)15-9-10-18-16(12-15)11-14-5-1-2-6-17(14)18/h1-10,12,26H,11,13H2,(H,27,28). The van der Waals surface area contributed by atoms with Crippen molar-refractivity contribution in [1.82, 2.24) is 0 Å². The molecular formula is C22H17F3N2O. The van der Waals surface area contributed by atoms with Crippen LogP contribution in [0.2, 0.25) is 0 Å². The number of hydrogen-bond donors (Lipinski definition) is 2. The maximum absolute atomic E-state index is 12.7. The second-order valence-electron chi connectivity index (χ2n) is 6.67. The molecule has 0 saturated carbocycles. The van der Waals surface area contributed by atoms with E-state index in [9.17, 15) is 18.0 Å². The topological polar surface area (TPSA) is 41.1 Å². The maximum Gasteiger partial charge on any atom is 0.405 e. The summed E-state index contributed by atoms with van der Waals surface area (Å²) in [5.74, 6) is -0.361. The summed E-state index contributed by atoms with van der Waals surface area (Å²) in [5.41, 5.74) is 5.57. The monoisotopic (exact) mass is 382 g/mol. The first-order valence-electron chi connectivity index (χ1n) is 8.83. The van der Waals surface area contributed by atoms with Crippen LogP contribution in [0.1, 0.15) is 21.5 Å². The van der Waals surface area contributed by atoms with Crippen LogP contribution in [0.5, 0.6) is 0 Å². The van der Waals surface area contributed by atoms with Crippen molar-refractivity contribution in [3.05, 3.63) is 83.4 Å². The summed E-state index contributed by atoms with van der Waals surface area (Å²) in [7, 11) is 0. The summed E-state index contributed by atoms with van der Waals surface area (Å²) in [6, 6.07) is 19.9.